The molecular weight excluding hydrogens is 517 g/mol. The van der Waals surface area contributed by atoms with E-state index in [1.807, 2.05) is 0 Å². The first kappa shape index (κ1) is 25.3. The highest BCUT2D eigenvalue weighted by Gasteiger charge is 2.30. The molecule has 4 rings (SSSR count). The normalized spacial score (nSPS) is 11.3. The van der Waals surface area contributed by atoms with E-state index in [1.165, 1.54) is 41.1 Å². The third-order valence-electron chi connectivity index (χ3n) is 4.70. The zero-order chi connectivity index (χ0) is 25.7. The number of esters is 1. The molecule has 3 N–H and O–H groups in total. The molecule has 0 unspecified atom stereocenters. The third kappa shape index (κ3) is 6.26. The summed E-state index contributed by atoms with van der Waals surface area (Å²) in [4.78, 5) is 38.1. The Kier molecular flexibility index (Phi) is 7.64. The van der Waals surface area contributed by atoms with Crippen LogP contribution in [0.15, 0.2) is 42.9 Å². The van der Waals surface area contributed by atoms with Crippen LogP contribution in [-0.2, 0) is 17.3 Å². The maximum atomic E-state index is 12.6. The van der Waals surface area contributed by atoms with Gasteiger partial charge in [-0.15, -0.1) is 22.7 Å². The van der Waals surface area contributed by atoms with Gasteiger partial charge in [0.2, 0.25) is 0 Å². The number of halogens is 3. The van der Waals surface area contributed by atoms with Gasteiger partial charge in [0.1, 0.15) is 17.0 Å². The van der Waals surface area contributed by atoms with E-state index < -0.39 is 23.7 Å². The smallest absolute Gasteiger partial charge is 0.416 e. The minimum Gasteiger partial charge on any atom is -0.462 e. The molecule has 4 aromatic rings. The lowest BCUT2D eigenvalue weighted by atomic mass is 10.2. The number of nitrogens with one attached hydrogen (secondary N) is 3. The van der Waals surface area contributed by atoms with Crippen molar-refractivity contribution in [2.75, 3.05) is 29.1 Å². The Morgan fingerprint density at radius 3 is 2.56 bits per heavy atom. The van der Waals surface area contributed by atoms with Crippen molar-refractivity contribution >= 4 is 61.5 Å². The fourth-order valence-corrected chi connectivity index (χ4v) is 4.85. The van der Waals surface area contributed by atoms with Gasteiger partial charge in [-0.1, -0.05) is 0 Å². The van der Waals surface area contributed by atoms with E-state index in [0.717, 1.165) is 21.7 Å². The molecule has 1 aromatic carbocycles. The maximum Gasteiger partial charge on any atom is 0.416 e. The molecule has 36 heavy (non-hydrogen) atoms. The highest BCUT2D eigenvalue weighted by Crippen LogP contribution is 2.31. The minimum atomic E-state index is -4.44. The molecule has 3 heterocycles. The SMILES string of the molecule is CCOC(=O)c1cc2ncnc(NCCc3cnc(NC(=O)Nc4ccc(C(F)(F)F)cc4)s3)c2s1. The monoisotopic (exact) mass is 536 g/mol. The molecule has 3 aromatic heterocycles. The molecule has 0 fully saturated rings. The number of urea groups is 1. The van der Waals surface area contributed by atoms with Crippen molar-refractivity contribution < 1.29 is 27.5 Å². The average Bonchev–Trinajstić information content (AvgIpc) is 3.46. The zero-order valence-corrected chi connectivity index (χ0v) is 20.3. The van der Waals surface area contributed by atoms with Gasteiger partial charge in [-0.2, -0.15) is 13.2 Å². The number of amides is 2. The summed E-state index contributed by atoms with van der Waals surface area (Å²) in [6.07, 6.45) is -0.820. The number of anilines is 3. The highest BCUT2D eigenvalue weighted by atomic mass is 32.1. The van der Waals surface area contributed by atoms with Crippen molar-refractivity contribution in [3.8, 4) is 0 Å². The summed E-state index contributed by atoms with van der Waals surface area (Å²) in [5, 5.41) is 8.60. The fourth-order valence-electron chi connectivity index (χ4n) is 3.07. The van der Waals surface area contributed by atoms with Crippen molar-refractivity contribution in [1.29, 1.82) is 0 Å². The van der Waals surface area contributed by atoms with E-state index in [0.29, 0.717) is 34.3 Å². The number of carbonyl (C=O) groups excluding carboxylic acids is 2. The average molecular weight is 537 g/mol. The molecule has 188 valence electrons. The molecule has 9 nitrogen and oxygen atoms in total. The van der Waals surface area contributed by atoms with Crippen LogP contribution >= 0.6 is 22.7 Å². The molecule has 0 saturated carbocycles. The van der Waals surface area contributed by atoms with Gasteiger partial charge in [-0.25, -0.2) is 24.5 Å². The number of alkyl halides is 3. The van der Waals surface area contributed by atoms with Crippen LogP contribution in [0.2, 0.25) is 0 Å². The van der Waals surface area contributed by atoms with E-state index >= 15 is 0 Å². The molecule has 0 aliphatic heterocycles. The molecule has 0 atom stereocenters. The van der Waals surface area contributed by atoms with E-state index in [1.54, 1.807) is 19.2 Å². The van der Waals surface area contributed by atoms with Crippen LogP contribution in [0.5, 0.6) is 0 Å². The first-order valence-electron chi connectivity index (χ1n) is 10.6. The largest absolute Gasteiger partial charge is 0.462 e. The van der Waals surface area contributed by atoms with Crippen LogP contribution in [0.4, 0.5) is 34.6 Å². The fraction of sp³-hybridized carbons (Fsp3) is 0.227. The van der Waals surface area contributed by atoms with Gasteiger partial charge in [-0.3, -0.25) is 5.32 Å². The van der Waals surface area contributed by atoms with Gasteiger partial charge in [0.25, 0.3) is 0 Å². The number of carbonyl (C=O) groups is 2. The van der Waals surface area contributed by atoms with Gasteiger partial charge in [-0.05, 0) is 37.3 Å². The molecule has 0 aliphatic carbocycles. The molecule has 0 bridgehead atoms. The standard InChI is InChI=1S/C22H19F3N6O3S2/c1-2-34-19(32)16-9-15-17(36-16)18(29-11-28-15)26-8-7-14-10-27-21(35-14)31-20(33)30-13-5-3-12(4-6-13)22(23,24)25/h3-6,9-11H,2,7-8H2,1H3,(H,26,28,29)(H2,27,30,31,33). The van der Waals surface area contributed by atoms with Crippen LogP contribution in [0.3, 0.4) is 0 Å². The maximum absolute atomic E-state index is 12.6. The number of fused-ring (bicyclic) bond motifs is 1. The number of benzene rings is 1. The van der Waals surface area contributed by atoms with Crippen molar-refractivity contribution in [2.45, 2.75) is 19.5 Å². The second-order valence-corrected chi connectivity index (χ2v) is 9.40. The Morgan fingerprint density at radius 1 is 1.06 bits per heavy atom. The topological polar surface area (TPSA) is 118 Å². The Labute approximate surface area is 210 Å². The Morgan fingerprint density at radius 2 is 1.83 bits per heavy atom. The molecule has 14 heteroatoms. The van der Waals surface area contributed by atoms with Gasteiger partial charge in [0.05, 0.1) is 22.4 Å². The number of nitrogens with zero attached hydrogens (tertiary/aromatic N) is 3. The first-order valence-corrected chi connectivity index (χ1v) is 12.2. The van der Waals surface area contributed by atoms with Crippen molar-refractivity contribution in [1.82, 2.24) is 15.0 Å². The first-order chi connectivity index (χ1) is 17.2. The van der Waals surface area contributed by atoms with Gasteiger partial charge >= 0.3 is 18.2 Å². The van der Waals surface area contributed by atoms with E-state index in [4.69, 9.17) is 4.74 Å². The van der Waals surface area contributed by atoms with E-state index in [2.05, 4.69) is 30.9 Å². The molecule has 2 amide bonds. The quantitative estimate of drug-likeness (QED) is 0.249. The second kappa shape index (κ2) is 10.9. The third-order valence-corrected chi connectivity index (χ3v) is 6.78. The lowest BCUT2D eigenvalue weighted by molar-refractivity contribution is -0.137. The van der Waals surface area contributed by atoms with E-state index in [-0.39, 0.29) is 12.3 Å². The predicted octanol–water partition coefficient (Wildman–Crippen LogP) is 5.64. The van der Waals surface area contributed by atoms with Crippen LogP contribution in [0, 0.1) is 0 Å². The predicted molar refractivity (Wildman–Crippen MR) is 132 cm³/mol. The molecule has 0 aliphatic rings. The number of thiazole rings is 1. The van der Waals surface area contributed by atoms with Crippen LogP contribution in [0.25, 0.3) is 10.2 Å². The number of hydrogen-bond donors (Lipinski definition) is 3. The lowest BCUT2D eigenvalue weighted by Gasteiger charge is -2.08. The number of hydrogen-bond acceptors (Lipinski definition) is 9. The van der Waals surface area contributed by atoms with Crippen molar-refractivity contribution in [3.05, 3.63) is 58.2 Å². The number of aromatic nitrogens is 3. The second-order valence-electron chi connectivity index (χ2n) is 7.23. The number of rotatable bonds is 8. The van der Waals surface area contributed by atoms with Crippen LogP contribution in [0.1, 0.15) is 27.0 Å². The van der Waals surface area contributed by atoms with Crippen molar-refractivity contribution in [2.24, 2.45) is 0 Å². The lowest BCUT2D eigenvalue weighted by Crippen LogP contribution is -2.19. The minimum absolute atomic E-state index is 0.220. The van der Waals surface area contributed by atoms with E-state index in [9.17, 15) is 22.8 Å². The number of ether oxygens (including phenoxy) is 1. The molecule has 0 spiro atoms. The summed E-state index contributed by atoms with van der Waals surface area (Å²) < 4.78 is 43.7. The Bertz CT molecular complexity index is 1370. The summed E-state index contributed by atoms with van der Waals surface area (Å²) in [6.45, 7) is 2.54. The van der Waals surface area contributed by atoms with Gasteiger partial charge < -0.3 is 15.4 Å². The number of thiophene rings is 1. The van der Waals surface area contributed by atoms with Crippen LogP contribution in [-0.4, -0.2) is 40.1 Å². The van der Waals surface area contributed by atoms with Crippen LogP contribution < -0.4 is 16.0 Å². The Balaban J connectivity index is 1.30. The van der Waals surface area contributed by atoms with Gasteiger partial charge in [0, 0.05) is 29.7 Å². The zero-order valence-electron chi connectivity index (χ0n) is 18.7. The summed E-state index contributed by atoms with van der Waals surface area (Å²) >= 11 is 2.52. The molecule has 0 radical (unpaired) electrons. The van der Waals surface area contributed by atoms with Crippen molar-refractivity contribution in [3.63, 3.8) is 0 Å². The Hall–Kier alpha value is -3.78. The van der Waals surface area contributed by atoms with Gasteiger partial charge in [0.15, 0.2) is 5.13 Å². The summed E-state index contributed by atoms with van der Waals surface area (Å²) in [6, 6.07) is 5.19. The molecular formula is C22H19F3N6O3S2. The summed E-state index contributed by atoms with van der Waals surface area (Å²) in [7, 11) is 0. The molecule has 0 saturated heterocycles. The summed E-state index contributed by atoms with van der Waals surface area (Å²) in [5.41, 5.74) is 0.0640. The summed E-state index contributed by atoms with van der Waals surface area (Å²) in [5.74, 6) is 0.192. The highest BCUT2D eigenvalue weighted by molar-refractivity contribution is 7.21.